The first-order chi connectivity index (χ1) is 11.5. The van der Waals surface area contributed by atoms with E-state index in [0.29, 0.717) is 29.7 Å². The van der Waals surface area contributed by atoms with Gasteiger partial charge in [-0.3, -0.25) is 9.48 Å². The van der Waals surface area contributed by atoms with Crippen LogP contribution in [-0.2, 0) is 7.05 Å². The van der Waals surface area contributed by atoms with E-state index in [1.165, 1.54) is 0 Å². The zero-order chi connectivity index (χ0) is 17.3. The van der Waals surface area contributed by atoms with Crippen molar-refractivity contribution in [1.82, 2.24) is 20.0 Å². The largest absolute Gasteiger partial charge is 0.328 e. The number of carbonyl (C=O) groups is 1. The Bertz CT molecular complexity index is 744. The van der Waals surface area contributed by atoms with E-state index < -0.39 is 0 Å². The third-order valence-corrected chi connectivity index (χ3v) is 4.84. The average molecular weight is 383 g/mol. The van der Waals surface area contributed by atoms with E-state index in [9.17, 15) is 4.79 Å². The lowest BCUT2D eigenvalue weighted by atomic mass is 10.0. The van der Waals surface area contributed by atoms with Gasteiger partial charge in [-0.05, 0) is 23.6 Å². The van der Waals surface area contributed by atoms with Crippen molar-refractivity contribution in [2.24, 2.45) is 7.05 Å². The van der Waals surface area contributed by atoms with Gasteiger partial charge in [0.2, 0.25) is 0 Å². The van der Waals surface area contributed by atoms with E-state index in [-0.39, 0.29) is 24.4 Å². The quantitative estimate of drug-likeness (QED) is 0.884. The van der Waals surface area contributed by atoms with Gasteiger partial charge in [-0.1, -0.05) is 43.6 Å². The summed E-state index contributed by atoms with van der Waals surface area (Å²) in [5.74, 6) is 0.287. The van der Waals surface area contributed by atoms with Gasteiger partial charge in [0, 0.05) is 37.4 Å². The highest BCUT2D eigenvalue weighted by Crippen LogP contribution is 2.29. The highest BCUT2D eigenvalue weighted by atomic mass is 35.5. The van der Waals surface area contributed by atoms with Crippen LogP contribution in [0.4, 0.5) is 0 Å². The van der Waals surface area contributed by atoms with Gasteiger partial charge in [-0.2, -0.15) is 5.10 Å². The predicted molar refractivity (Wildman–Crippen MR) is 103 cm³/mol. The fraction of sp³-hybridized carbons (Fsp3) is 0.444. The van der Waals surface area contributed by atoms with Gasteiger partial charge in [0.25, 0.3) is 5.91 Å². The number of piperazine rings is 1. The van der Waals surface area contributed by atoms with E-state index in [2.05, 4.69) is 24.3 Å². The summed E-state index contributed by atoms with van der Waals surface area (Å²) < 4.78 is 1.80. The Morgan fingerprint density at radius 3 is 2.72 bits per heavy atom. The van der Waals surface area contributed by atoms with Gasteiger partial charge in [0.15, 0.2) is 5.69 Å². The molecule has 0 bridgehead atoms. The minimum Gasteiger partial charge on any atom is -0.328 e. The van der Waals surface area contributed by atoms with Crippen LogP contribution in [0.2, 0.25) is 5.02 Å². The molecule has 0 radical (unpaired) electrons. The predicted octanol–water partition coefficient (Wildman–Crippen LogP) is 3.41. The van der Waals surface area contributed by atoms with Gasteiger partial charge in [0.1, 0.15) is 0 Å². The molecule has 2 aromatic rings. The summed E-state index contributed by atoms with van der Waals surface area (Å²) in [5.41, 5.74) is 2.53. The van der Waals surface area contributed by atoms with Crippen molar-refractivity contribution in [3.8, 4) is 0 Å². The molecule has 1 aliphatic rings. The standard InChI is InChI=1S/C18H23ClN4O.ClH/c1-12(2)16-10-15(21-22(16)3)18(24)23-9-8-20-11-17(23)13-6-4-5-7-14(13)19;/h4-7,10,12,17,20H,8-9,11H2,1-3H3;1H. The van der Waals surface area contributed by atoms with Crippen LogP contribution < -0.4 is 5.32 Å². The van der Waals surface area contributed by atoms with Crippen LogP contribution in [0.3, 0.4) is 0 Å². The molecule has 1 unspecified atom stereocenters. The molecule has 0 saturated carbocycles. The van der Waals surface area contributed by atoms with Crippen molar-refractivity contribution >= 4 is 29.9 Å². The van der Waals surface area contributed by atoms with Crippen LogP contribution in [0.1, 0.15) is 47.6 Å². The summed E-state index contributed by atoms with van der Waals surface area (Å²) in [6.07, 6.45) is 0. The number of nitrogens with zero attached hydrogens (tertiary/aromatic N) is 3. The number of halogens is 2. The van der Waals surface area contributed by atoms with E-state index in [0.717, 1.165) is 17.8 Å². The molecular weight excluding hydrogens is 359 g/mol. The summed E-state index contributed by atoms with van der Waals surface area (Å²) in [6, 6.07) is 9.53. The first kappa shape index (κ1) is 19.8. The fourth-order valence-corrected chi connectivity index (χ4v) is 3.51. The molecule has 1 aliphatic heterocycles. The second-order valence-electron chi connectivity index (χ2n) is 6.47. The van der Waals surface area contributed by atoms with Crippen LogP contribution in [0.15, 0.2) is 30.3 Å². The third kappa shape index (κ3) is 4.00. The Morgan fingerprint density at radius 1 is 1.36 bits per heavy atom. The monoisotopic (exact) mass is 382 g/mol. The number of aromatic nitrogens is 2. The van der Waals surface area contributed by atoms with Crippen LogP contribution in [0.5, 0.6) is 0 Å². The normalized spacial score (nSPS) is 17.5. The van der Waals surface area contributed by atoms with Crippen molar-refractivity contribution in [1.29, 1.82) is 0 Å². The first-order valence-corrected chi connectivity index (χ1v) is 8.67. The molecular formula is C18H24Cl2N4O. The topological polar surface area (TPSA) is 50.2 Å². The smallest absolute Gasteiger partial charge is 0.274 e. The molecule has 7 heteroatoms. The number of benzene rings is 1. The number of hydrogen-bond donors (Lipinski definition) is 1. The van der Waals surface area contributed by atoms with Crippen molar-refractivity contribution in [2.75, 3.05) is 19.6 Å². The third-order valence-electron chi connectivity index (χ3n) is 4.50. The lowest BCUT2D eigenvalue weighted by Crippen LogP contribution is -2.48. The zero-order valence-corrected chi connectivity index (χ0v) is 16.3. The summed E-state index contributed by atoms with van der Waals surface area (Å²) in [5, 5.41) is 8.47. The number of hydrogen-bond acceptors (Lipinski definition) is 3. The summed E-state index contributed by atoms with van der Waals surface area (Å²) in [4.78, 5) is 14.9. The Labute approximate surface area is 159 Å². The maximum absolute atomic E-state index is 13.1. The Morgan fingerprint density at radius 2 is 2.08 bits per heavy atom. The molecule has 0 aliphatic carbocycles. The molecule has 1 fully saturated rings. The Hall–Kier alpha value is -1.56. The number of amides is 1. The van der Waals surface area contributed by atoms with Crippen molar-refractivity contribution in [3.05, 3.63) is 52.3 Å². The number of nitrogens with one attached hydrogen (secondary N) is 1. The van der Waals surface area contributed by atoms with Crippen LogP contribution in [0.25, 0.3) is 0 Å². The van der Waals surface area contributed by atoms with Crippen molar-refractivity contribution in [3.63, 3.8) is 0 Å². The summed E-state index contributed by atoms with van der Waals surface area (Å²) >= 11 is 6.36. The molecule has 3 rings (SSSR count). The number of aryl methyl sites for hydroxylation is 1. The van der Waals surface area contributed by atoms with Crippen molar-refractivity contribution in [2.45, 2.75) is 25.8 Å². The highest BCUT2D eigenvalue weighted by molar-refractivity contribution is 6.31. The molecule has 5 nitrogen and oxygen atoms in total. The van der Waals surface area contributed by atoms with Crippen molar-refractivity contribution < 1.29 is 4.79 Å². The van der Waals surface area contributed by atoms with E-state index in [1.54, 1.807) is 4.68 Å². The maximum Gasteiger partial charge on any atom is 0.274 e. The molecule has 1 aromatic carbocycles. The van der Waals surface area contributed by atoms with E-state index in [1.807, 2.05) is 42.3 Å². The lowest BCUT2D eigenvalue weighted by Gasteiger charge is -2.36. The second-order valence-corrected chi connectivity index (χ2v) is 6.88. The fourth-order valence-electron chi connectivity index (χ4n) is 3.24. The molecule has 1 aromatic heterocycles. The second kappa shape index (κ2) is 8.21. The highest BCUT2D eigenvalue weighted by Gasteiger charge is 2.31. The van der Waals surface area contributed by atoms with Gasteiger partial charge < -0.3 is 10.2 Å². The number of carbonyl (C=O) groups excluding carboxylic acids is 1. The molecule has 25 heavy (non-hydrogen) atoms. The molecule has 1 N–H and O–H groups in total. The minimum absolute atomic E-state index is 0. The van der Waals surface area contributed by atoms with E-state index in [4.69, 9.17) is 11.6 Å². The van der Waals surface area contributed by atoms with Gasteiger partial charge in [-0.25, -0.2) is 0 Å². The maximum atomic E-state index is 13.1. The minimum atomic E-state index is -0.0792. The molecule has 1 amide bonds. The van der Waals surface area contributed by atoms with Gasteiger partial charge >= 0.3 is 0 Å². The SMILES string of the molecule is CC(C)c1cc(C(=O)N2CCNCC2c2ccccc2Cl)nn1C.Cl. The molecule has 136 valence electrons. The molecule has 0 spiro atoms. The Kier molecular flexibility index (Phi) is 6.49. The molecule has 1 saturated heterocycles. The summed E-state index contributed by atoms with van der Waals surface area (Å²) in [6.45, 7) is 6.31. The van der Waals surface area contributed by atoms with Crippen LogP contribution >= 0.6 is 24.0 Å². The lowest BCUT2D eigenvalue weighted by molar-refractivity contribution is 0.0627. The molecule has 1 atom stereocenters. The number of rotatable bonds is 3. The average Bonchev–Trinajstić information content (AvgIpc) is 2.97. The first-order valence-electron chi connectivity index (χ1n) is 8.29. The van der Waals surface area contributed by atoms with E-state index >= 15 is 0 Å². The summed E-state index contributed by atoms with van der Waals surface area (Å²) in [7, 11) is 1.88. The Balaban J connectivity index is 0.00000225. The van der Waals surface area contributed by atoms with Gasteiger partial charge in [-0.15, -0.1) is 12.4 Å². The molecule has 2 heterocycles. The zero-order valence-electron chi connectivity index (χ0n) is 14.7. The van der Waals surface area contributed by atoms with Gasteiger partial charge in [0.05, 0.1) is 6.04 Å². The van der Waals surface area contributed by atoms with Crippen LogP contribution in [0, 0.1) is 0 Å². The van der Waals surface area contributed by atoms with Crippen LogP contribution in [-0.4, -0.2) is 40.2 Å².